The zero-order chi connectivity index (χ0) is 18.1. The van der Waals surface area contributed by atoms with Crippen molar-refractivity contribution in [3.63, 3.8) is 0 Å². The van der Waals surface area contributed by atoms with Crippen molar-refractivity contribution in [3.8, 4) is 11.6 Å². The summed E-state index contributed by atoms with van der Waals surface area (Å²) in [5, 5.41) is 12.1. The lowest BCUT2D eigenvalue weighted by molar-refractivity contribution is 0.0672. The Labute approximate surface area is 158 Å². The first kappa shape index (κ1) is 16.9. The minimum atomic E-state index is 0.0314. The smallest absolute Gasteiger partial charge is 0.280 e. The van der Waals surface area contributed by atoms with E-state index in [2.05, 4.69) is 36.4 Å². The molecule has 0 N–H and O–H groups in total. The molecule has 1 aliphatic heterocycles. The van der Waals surface area contributed by atoms with E-state index in [0.717, 1.165) is 23.9 Å². The molecule has 3 heterocycles. The van der Waals surface area contributed by atoms with Crippen molar-refractivity contribution in [1.29, 1.82) is 0 Å². The van der Waals surface area contributed by atoms with Gasteiger partial charge in [0.1, 0.15) is 0 Å². The van der Waals surface area contributed by atoms with E-state index in [1.807, 2.05) is 29.2 Å². The molecule has 1 saturated heterocycles. The highest BCUT2D eigenvalue weighted by atomic mass is 79.9. The molecule has 1 fully saturated rings. The molecular formula is C17H17BrN6O2. The van der Waals surface area contributed by atoms with Gasteiger partial charge in [-0.3, -0.25) is 4.79 Å². The van der Waals surface area contributed by atoms with Gasteiger partial charge in [-0.25, -0.2) is 4.68 Å². The Morgan fingerprint density at radius 2 is 2.27 bits per heavy atom. The minimum Gasteiger partial charge on any atom is -0.337 e. The monoisotopic (exact) mass is 416 g/mol. The van der Waals surface area contributed by atoms with Crippen molar-refractivity contribution >= 4 is 21.8 Å². The van der Waals surface area contributed by atoms with Crippen molar-refractivity contribution in [1.82, 2.24) is 30.0 Å². The Hall–Kier alpha value is -2.55. The van der Waals surface area contributed by atoms with Crippen LogP contribution in [0.15, 0.2) is 39.5 Å². The van der Waals surface area contributed by atoms with Crippen LogP contribution in [0, 0.1) is 6.92 Å². The van der Waals surface area contributed by atoms with Gasteiger partial charge in [-0.15, -0.1) is 5.10 Å². The number of rotatable bonds is 3. The van der Waals surface area contributed by atoms with Crippen LogP contribution in [0.4, 0.5) is 0 Å². The van der Waals surface area contributed by atoms with Crippen LogP contribution in [0.2, 0.25) is 0 Å². The third-order valence-corrected chi connectivity index (χ3v) is 4.88. The Kier molecular flexibility index (Phi) is 4.54. The van der Waals surface area contributed by atoms with E-state index in [4.69, 9.17) is 4.52 Å². The molecule has 134 valence electrons. The number of piperidine rings is 1. The van der Waals surface area contributed by atoms with Gasteiger partial charge in [0.25, 0.3) is 11.8 Å². The summed E-state index contributed by atoms with van der Waals surface area (Å²) in [7, 11) is 0. The fourth-order valence-electron chi connectivity index (χ4n) is 3.11. The summed E-state index contributed by atoms with van der Waals surface area (Å²) in [5.41, 5.74) is 1.22. The molecule has 2 aromatic heterocycles. The molecule has 1 aromatic carbocycles. The van der Waals surface area contributed by atoms with Gasteiger partial charge in [-0.1, -0.05) is 32.4 Å². The topological polar surface area (TPSA) is 89.9 Å². The van der Waals surface area contributed by atoms with E-state index in [1.165, 1.54) is 0 Å². The third kappa shape index (κ3) is 3.39. The first-order valence-corrected chi connectivity index (χ1v) is 9.17. The highest BCUT2D eigenvalue weighted by molar-refractivity contribution is 9.10. The Balaban J connectivity index is 1.50. The van der Waals surface area contributed by atoms with Crippen molar-refractivity contribution in [2.24, 2.45) is 0 Å². The zero-order valence-corrected chi connectivity index (χ0v) is 15.8. The number of aryl methyl sites for hydroxylation is 1. The van der Waals surface area contributed by atoms with Crippen LogP contribution in [0.1, 0.15) is 35.1 Å². The maximum atomic E-state index is 12.8. The van der Waals surface area contributed by atoms with Crippen LogP contribution in [-0.2, 0) is 0 Å². The maximum absolute atomic E-state index is 12.8. The maximum Gasteiger partial charge on any atom is 0.280 e. The molecule has 3 aromatic rings. The lowest BCUT2D eigenvalue weighted by Crippen LogP contribution is -2.40. The average Bonchev–Trinajstić information content (AvgIpc) is 3.30. The largest absolute Gasteiger partial charge is 0.337 e. The summed E-state index contributed by atoms with van der Waals surface area (Å²) >= 11 is 3.42. The molecule has 8 nitrogen and oxygen atoms in total. The van der Waals surface area contributed by atoms with Crippen molar-refractivity contribution < 1.29 is 9.32 Å². The number of hydrogen-bond donors (Lipinski definition) is 0. The fraction of sp³-hybridized carbons (Fsp3) is 0.353. The van der Waals surface area contributed by atoms with Gasteiger partial charge in [0, 0.05) is 23.1 Å². The summed E-state index contributed by atoms with van der Waals surface area (Å²) in [4.78, 5) is 18.8. The normalized spacial score (nSPS) is 17.5. The predicted octanol–water partition coefficient (Wildman–Crippen LogP) is 2.88. The third-order valence-electron chi connectivity index (χ3n) is 4.39. The van der Waals surface area contributed by atoms with Crippen LogP contribution < -0.4 is 0 Å². The molecule has 0 radical (unpaired) electrons. The quantitative estimate of drug-likeness (QED) is 0.651. The van der Waals surface area contributed by atoms with E-state index in [-0.39, 0.29) is 11.9 Å². The molecular weight excluding hydrogens is 400 g/mol. The van der Waals surface area contributed by atoms with Gasteiger partial charge >= 0.3 is 0 Å². The molecule has 26 heavy (non-hydrogen) atoms. The van der Waals surface area contributed by atoms with Gasteiger partial charge < -0.3 is 9.42 Å². The van der Waals surface area contributed by atoms with Crippen LogP contribution in [0.3, 0.4) is 0 Å². The SMILES string of the molecule is Cc1noc(-c2cn([C@H]3CCCN(C(=O)c4cccc(Br)c4)C3)nn2)n1. The van der Waals surface area contributed by atoms with Crippen LogP contribution in [0.5, 0.6) is 0 Å². The van der Waals surface area contributed by atoms with Crippen molar-refractivity contribution in [3.05, 3.63) is 46.3 Å². The number of benzene rings is 1. The van der Waals surface area contributed by atoms with E-state index >= 15 is 0 Å². The number of amides is 1. The number of hydrogen-bond acceptors (Lipinski definition) is 6. The zero-order valence-electron chi connectivity index (χ0n) is 14.2. The summed E-state index contributed by atoms with van der Waals surface area (Å²) in [6.45, 7) is 3.09. The van der Waals surface area contributed by atoms with Gasteiger partial charge in [0.05, 0.1) is 12.2 Å². The van der Waals surface area contributed by atoms with E-state index < -0.39 is 0 Å². The van der Waals surface area contributed by atoms with Crippen LogP contribution in [0.25, 0.3) is 11.6 Å². The second kappa shape index (κ2) is 6.99. The molecule has 1 atom stereocenters. The van der Waals surface area contributed by atoms with E-state index in [9.17, 15) is 4.79 Å². The number of carbonyl (C=O) groups is 1. The molecule has 4 rings (SSSR count). The van der Waals surface area contributed by atoms with E-state index in [1.54, 1.807) is 17.8 Å². The summed E-state index contributed by atoms with van der Waals surface area (Å²) in [5.74, 6) is 0.938. The van der Waals surface area contributed by atoms with Crippen molar-refractivity contribution in [2.45, 2.75) is 25.8 Å². The Morgan fingerprint density at radius 3 is 3.04 bits per heavy atom. The number of nitrogens with zero attached hydrogens (tertiary/aromatic N) is 6. The lowest BCUT2D eigenvalue weighted by Gasteiger charge is -2.32. The summed E-state index contributed by atoms with van der Waals surface area (Å²) < 4.78 is 7.82. The Morgan fingerprint density at radius 1 is 1.38 bits per heavy atom. The molecule has 0 spiro atoms. The molecule has 1 amide bonds. The van der Waals surface area contributed by atoms with Gasteiger partial charge in [-0.2, -0.15) is 4.98 Å². The predicted molar refractivity (Wildman–Crippen MR) is 96.4 cm³/mol. The number of carbonyl (C=O) groups excluding carboxylic acids is 1. The highest BCUT2D eigenvalue weighted by Crippen LogP contribution is 2.24. The van der Waals surface area contributed by atoms with Gasteiger partial charge in [0.15, 0.2) is 11.5 Å². The molecule has 1 aliphatic rings. The van der Waals surface area contributed by atoms with Crippen LogP contribution in [-0.4, -0.2) is 49.0 Å². The number of halogens is 1. The highest BCUT2D eigenvalue weighted by Gasteiger charge is 2.27. The second-order valence-corrected chi connectivity index (χ2v) is 7.20. The Bertz CT molecular complexity index is 937. The fourth-order valence-corrected chi connectivity index (χ4v) is 3.51. The summed E-state index contributed by atoms with van der Waals surface area (Å²) in [6, 6.07) is 7.53. The number of likely N-dealkylation sites (tertiary alicyclic amines) is 1. The number of aromatic nitrogens is 5. The molecule has 0 aliphatic carbocycles. The van der Waals surface area contributed by atoms with Crippen molar-refractivity contribution in [2.75, 3.05) is 13.1 Å². The lowest BCUT2D eigenvalue weighted by atomic mass is 10.0. The van der Waals surface area contributed by atoms with Crippen LogP contribution >= 0.6 is 15.9 Å². The molecule has 0 bridgehead atoms. The second-order valence-electron chi connectivity index (χ2n) is 6.29. The van der Waals surface area contributed by atoms with Gasteiger partial charge in [-0.05, 0) is 38.0 Å². The first-order chi connectivity index (χ1) is 12.6. The molecule has 0 saturated carbocycles. The first-order valence-electron chi connectivity index (χ1n) is 8.37. The van der Waals surface area contributed by atoms with Gasteiger partial charge in [0.2, 0.25) is 0 Å². The molecule has 9 heteroatoms. The van der Waals surface area contributed by atoms with E-state index in [0.29, 0.717) is 29.5 Å². The standard InChI is InChI=1S/C17H17BrN6O2/c1-11-19-16(26-21-11)15-10-24(22-20-15)14-6-3-7-23(9-14)17(25)12-4-2-5-13(18)8-12/h2,4-5,8,10,14H,3,6-7,9H2,1H3/t14-/m0/s1. The average molecular weight is 417 g/mol. The minimum absolute atomic E-state index is 0.0314. The summed E-state index contributed by atoms with van der Waals surface area (Å²) in [6.07, 6.45) is 3.65. The molecule has 0 unspecified atom stereocenters.